The lowest BCUT2D eigenvalue weighted by Gasteiger charge is -2.37. The predicted octanol–water partition coefficient (Wildman–Crippen LogP) is 2.89. The standard InChI is InChI=1S/C14H17NO6S/c1-7-5-12(22-8(2)14-20-9(3)21-14)11(15(17)18)6-10(7)13(16)19-4/h5-6,8-9,14H,1-4H3. The highest BCUT2D eigenvalue weighted by Crippen LogP contribution is 2.38. The van der Waals surface area contributed by atoms with Gasteiger partial charge in [-0.2, -0.15) is 0 Å². The lowest BCUT2D eigenvalue weighted by atomic mass is 10.1. The number of aryl methyl sites for hydroxylation is 1. The first-order valence-electron chi connectivity index (χ1n) is 6.68. The number of methoxy groups -OCH3 is 1. The number of rotatable bonds is 5. The van der Waals surface area contributed by atoms with Crippen molar-refractivity contribution < 1.29 is 23.9 Å². The summed E-state index contributed by atoms with van der Waals surface area (Å²) in [7, 11) is 1.24. The van der Waals surface area contributed by atoms with E-state index in [1.54, 1.807) is 19.9 Å². The number of carbonyl (C=O) groups excluding carboxylic acids is 1. The molecule has 0 spiro atoms. The molecule has 1 heterocycles. The van der Waals surface area contributed by atoms with Crippen LogP contribution in [0.1, 0.15) is 29.8 Å². The van der Waals surface area contributed by atoms with Crippen LogP contribution in [0, 0.1) is 17.0 Å². The molecule has 1 atom stereocenters. The van der Waals surface area contributed by atoms with Gasteiger partial charge in [-0.05, 0) is 32.4 Å². The molecule has 1 aromatic carbocycles. The van der Waals surface area contributed by atoms with Gasteiger partial charge in [0, 0.05) is 6.07 Å². The Hall–Kier alpha value is -1.64. The van der Waals surface area contributed by atoms with E-state index in [0.29, 0.717) is 10.5 Å². The Morgan fingerprint density at radius 3 is 2.59 bits per heavy atom. The van der Waals surface area contributed by atoms with Crippen LogP contribution < -0.4 is 0 Å². The molecule has 0 N–H and O–H groups in total. The summed E-state index contributed by atoms with van der Waals surface area (Å²) in [5.41, 5.74) is 0.683. The minimum Gasteiger partial charge on any atom is -0.465 e. The van der Waals surface area contributed by atoms with E-state index in [2.05, 4.69) is 4.74 Å². The summed E-state index contributed by atoms with van der Waals surface area (Å²) < 4.78 is 15.4. The fraction of sp³-hybridized carbons (Fsp3) is 0.500. The number of hydrogen-bond donors (Lipinski definition) is 0. The van der Waals surface area contributed by atoms with Crippen LogP contribution >= 0.6 is 11.8 Å². The number of nitrogens with zero attached hydrogens (tertiary/aromatic N) is 1. The van der Waals surface area contributed by atoms with Crippen molar-refractivity contribution in [3.8, 4) is 0 Å². The molecule has 1 saturated heterocycles. The Kier molecular flexibility index (Phi) is 5.05. The maximum atomic E-state index is 11.7. The molecule has 0 radical (unpaired) electrons. The number of carbonyl (C=O) groups is 1. The topological polar surface area (TPSA) is 87.9 Å². The van der Waals surface area contributed by atoms with Crippen LogP contribution in [-0.4, -0.2) is 35.8 Å². The lowest BCUT2D eigenvalue weighted by molar-refractivity contribution is -0.387. The van der Waals surface area contributed by atoms with Crippen molar-refractivity contribution in [1.82, 2.24) is 0 Å². The van der Waals surface area contributed by atoms with Crippen LogP contribution in [0.4, 0.5) is 5.69 Å². The smallest absolute Gasteiger partial charge is 0.338 e. The van der Waals surface area contributed by atoms with Crippen molar-refractivity contribution in [2.45, 2.75) is 43.5 Å². The van der Waals surface area contributed by atoms with E-state index in [9.17, 15) is 14.9 Å². The largest absolute Gasteiger partial charge is 0.465 e. The quantitative estimate of drug-likeness (QED) is 0.355. The molecular weight excluding hydrogens is 310 g/mol. The van der Waals surface area contributed by atoms with Crippen molar-refractivity contribution in [3.63, 3.8) is 0 Å². The van der Waals surface area contributed by atoms with Crippen molar-refractivity contribution >= 4 is 23.4 Å². The van der Waals surface area contributed by atoms with E-state index in [0.717, 1.165) is 0 Å². The molecule has 1 unspecified atom stereocenters. The summed E-state index contributed by atoms with van der Waals surface area (Å²) in [4.78, 5) is 22.9. The number of nitro benzene ring substituents is 1. The average molecular weight is 327 g/mol. The molecule has 1 fully saturated rings. The first kappa shape index (κ1) is 16.7. The third-order valence-electron chi connectivity index (χ3n) is 3.26. The maximum Gasteiger partial charge on any atom is 0.338 e. The Labute approximate surface area is 132 Å². The van der Waals surface area contributed by atoms with Crippen LogP contribution in [0.5, 0.6) is 0 Å². The third-order valence-corrected chi connectivity index (χ3v) is 4.43. The summed E-state index contributed by atoms with van der Waals surface area (Å²) in [5.74, 6) is -0.593. The second-order valence-electron chi connectivity index (χ2n) is 4.91. The van der Waals surface area contributed by atoms with Crippen LogP contribution in [0.25, 0.3) is 0 Å². The molecule has 1 aromatic rings. The van der Waals surface area contributed by atoms with Gasteiger partial charge in [0.1, 0.15) is 0 Å². The number of hydrogen-bond acceptors (Lipinski definition) is 7. The van der Waals surface area contributed by atoms with Gasteiger partial charge in [0.2, 0.25) is 0 Å². The summed E-state index contributed by atoms with van der Waals surface area (Å²) in [5, 5.41) is 11.1. The highest BCUT2D eigenvalue weighted by atomic mass is 32.2. The minimum atomic E-state index is -0.593. The van der Waals surface area contributed by atoms with E-state index in [-0.39, 0.29) is 29.1 Å². The van der Waals surface area contributed by atoms with Gasteiger partial charge < -0.3 is 14.2 Å². The van der Waals surface area contributed by atoms with E-state index in [4.69, 9.17) is 9.47 Å². The van der Waals surface area contributed by atoms with Gasteiger partial charge in [-0.15, -0.1) is 11.8 Å². The third kappa shape index (κ3) is 3.40. The van der Waals surface area contributed by atoms with Crippen LogP contribution in [0.3, 0.4) is 0 Å². The zero-order valence-electron chi connectivity index (χ0n) is 12.7. The molecule has 120 valence electrons. The van der Waals surface area contributed by atoms with Crippen molar-refractivity contribution in [1.29, 1.82) is 0 Å². The number of nitro groups is 1. The van der Waals surface area contributed by atoms with E-state index >= 15 is 0 Å². The fourth-order valence-corrected chi connectivity index (χ4v) is 3.24. The highest BCUT2D eigenvalue weighted by Gasteiger charge is 2.34. The van der Waals surface area contributed by atoms with Crippen molar-refractivity contribution in [2.75, 3.05) is 7.11 Å². The van der Waals surface area contributed by atoms with Crippen LogP contribution in [-0.2, 0) is 14.2 Å². The second kappa shape index (κ2) is 6.64. The Morgan fingerprint density at radius 2 is 2.09 bits per heavy atom. The number of thioether (sulfide) groups is 1. The molecule has 8 heteroatoms. The molecule has 1 aliphatic heterocycles. The molecule has 22 heavy (non-hydrogen) atoms. The van der Waals surface area contributed by atoms with Gasteiger partial charge in [0.15, 0.2) is 12.6 Å². The molecule has 0 saturated carbocycles. The summed E-state index contributed by atoms with van der Waals surface area (Å²) in [6.07, 6.45) is -0.633. The Balaban J connectivity index is 2.28. The van der Waals surface area contributed by atoms with Gasteiger partial charge in [0.25, 0.3) is 5.69 Å². The van der Waals surface area contributed by atoms with Gasteiger partial charge in [-0.3, -0.25) is 10.1 Å². The first-order chi connectivity index (χ1) is 10.3. The molecule has 1 aliphatic rings. The Morgan fingerprint density at radius 1 is 1.45 bits per heavy atom. The molecule has 2 rings (SSSR count). The number of benzene rings is 1. The van der Waals surface area contributed by atoms with E-state index in [1.165, 1.54) is 24.9 Å². The molecule has 7 nitrogen and oxygen atoms in total. The predicted molar refractivity (Wildman–Crippen MR) is 79.9 cm³/mol. The second-order valence-corrected chi connectivity index (χ2v) is 6.33. The number of esters is 1. The molecule has 0 aliphatic carbocycles. The summed E-state index contributed by atoms with van der Waals surface area (Å²) in [6, 6.07) is 2.87. The van der Waals surface area contributed by atoms with Crippen LogP contribution in [0.15, 0.2) is 17.0 Å². The SMILES string of the molecule is COC(=O)c1cc([N+](=O)[O-])c(SC(C)C2OC(C)O2)cc1C. The molecule has 0 amide bonds. The van der Waals surface area contributed by atoms with Gasteiger partial charge in [-0.1, -0.05) is 0 Å². The summed E-state index contributed by atoms with van der Waals surface area (Å²) >= 11 is 1.28. The zero-order valence-corrected chi connectivity index (χ0v) is 13.5. The maximum absolute atomic E-state index is 11.7. The van der Waals surface area contributed by atoms with Gasteiger partial charge in [0.05, 0.1) is 27.7 Å². The van der Waals surface area contributed by atoms with Gasteiger partial charge >= 0.3 is 5.97 Å². The van der Waals surface area contributed by atoms with Crippen molar-refractivity contribution in [3.05, 3.63) is 33.4 Å². The first-order valence-corrected chi connectivity index (χ1v) is 7.56. The minimum absolute atomic E-state index is 0.113. The fourth-order valence-electron chi connectivity index (χ4n) is 2.10. The lowest BCUT2D eigenvalue weighted by Crippen LogP contribution is -2.44. The average Bonchev–Trinajstić information content (AvgIpc) is 2.42. The molecule has 0 bridgehead atoms. The van der Waals surface area contributed by atoms with Crippen LogP contribution in [0.2, 0.25) is 0 Å². The van der Waals surface area contributed by atoms with Gasteiger partial charge in [-0.25, -0.2) is 4.79 Å². The van der Waals surface area contributed by atoms with E-state index in [1.807, 2.05) is 6.92 Å². The normalized spacial score (nSPS) is 21.8. The monoisotopic (exact) mass is 327 g/mol. The van der Waals surface area contributed by atoms with Crippen molar-refractivity contribution in [2.24, 2.45) is 0 Å². The molecule has 0 aromatic heterocycles. The molecular formula is C14H17NO6S. The summed E-state index contributed by atoms with van der Waals surface area (Å²) in [6.45, 7) is 5.36. The Bertz CT molecular complexity index is 599. The van der Waals surface area contributed by atoms with E-state index < -0.39 is 10.9 Å². The highest BCUT2D eigenvalue weighted by molar-refractivity contribution is 8.00. The number of ether oxygens (including phenoxy) is 3. The zero-order chi connectivity index (χ0) is 16.4.